The number of nitrogens with zero attached hydrogens (tertiary/aromatic N) is 5. The summed E-state index contributed by atoms with van der Waals surface area (Å²) in [6.07, 6.45) is 1.17. The molecule has 0 atom stereocenters. The molecule has 2 aliphatic heterocycles. The van der Waals surface area contributed by atoms with Crippen LogP contribution in [0.1, 0.15) is 43.5 Å². The van der Waals surface area contributed by atoms with Crippen LogP contribution < -0.4 is 4.90 Å². The first-order valence-corrected chi connectivity index (χ1v) is 11.7. The average molecular weight is 418 g/mol. The predicted molar refractivity (Wildman–Crippen MR) is 121 cm³/mol. The van der Waals surface area contributed by atoms with Crippen molar-refractivity contribution in [1.82, 2.24) is 19.8 Å². The van der Waals surface area contributed by atoms with Gasteiger partial charge in [0.05, 0.1) is 25.1 Å². The third-order valence-corrected chi connectivity index (χ3v) is 7.37. The predicted octanol–water partition coefficient (Wildman–Crippen LogP) is 3.45. The first kappa shape index (κ1) is 21.0. The van der Waals surface area contributed by atoms with Gasteiger partial charge < -0.3 is 9.64 Å². The number of fused-ring (bicyclic) bond motifs is 1. The van der Waals surface area contributed by atoms with E-state index in [1.807, 2.05) is 11.3 Å². The summed E-state index contributed by atoms with van der Waals surface area (Å²) in [5, 5.41) is 1.27. The molecule has 2 aromatic rings. The topological polar surface area (TPSA) is 44.7 Å². The first-order valence-electron chi connectivity index (χ1n) is 10.9. The number of ether oxygens (including phenoxy) is 1. The highest BCUT2D eigenvalue weighted by Crippen LogP contribution is 2.35. The van der Waals surface area contributed by atoms with Crippen molar-refractivity contribution in [2.45, 2.75) is 53.1 Å². The molecule has 0 amide bonds. The Morgan fingerprint density at radius 1 is 0.966 bits per heavy atom. The molecule has 7 heteroatoms. The average Bonchev–Trinajstić information content (AvgIpc) is 2.86. The molecule has 4 heterocycles. The molecule has 2 aliphatic rings. The van der Waals surface area contributed by atoms with E-state index in [0.717, 1.165) is 75.5 Å². The minimum atomic E-state index is 0.216. The zero-order valence-corrected chi connectivity index (χ0v) is 19.4. The molecule has 29 heavy (non-hydrogen) atoms. The van der Waals surface area contributed by atoms with Crippen LogP contribution in [0.5, 0.6) is 0 Å². The molecule has 6 nitrogen and oxygen atoms in total. The molecule has 0 aliphatic carbocycles. The van der Waals surface area contributed by atoms with Crippen LogP contribution in [0.4, 0.5) is 5.82 Å². The monoisotopic (exact) mass is 417 g/mol. The van der Waals surface area contributed by atoms with E-state index in [-0.39, 0.29) is 5.54 Å². The lowest BCUT2D eigenvalue weighted by Gasteiger charge is -2.34. The fourth-order valence-corrected chi connectivity index (χ4v) is 5.37. The summed E-state index contributed by atoms with van der Waals surface area (Å²) in [4.78, 5) is 20.1. The van der Waals surface area contributed by atoms with Gasteiger partial charge in [0.25, 0.3) is 0 Å². The van der Waals surface area contributed by atoms with Crippen molar-refractivity contribution >= 4 is 27.4 Å². The Hall–Kier alpha value is -1.28. The fourth-order valence-electron chi connectivity index (χ4n) is 4.33. The van der Waals surface area contributed by atoms with Crippen molar-refractivity contribution in [3.05, 3.63) is 16.3 Å². The molecule has 0 spiro atoms. The molecule has 0 saturated carbocycles. The van der Waals surface area contributed by atoms with E-state index >= 15 is 0 Å². The molecule has 0 unspecified atom stereocenters. The number of hydrogen-bond acceptors (Lipinski definition) is 7. The fraction of sp³-hybridized carbons (Fsp3) is 0.727. The summed E-state index contributed by atoms with van der Waals surface area (Å²) >= 11 is 1.81. The third kappa shape index (κ3) is 4.58. The highest BCUT2D eigenvalue weighted by Gasteiger charge is 2.27. The summed E-state index contributed by atoms with van der Waals surface area (Å²) in [7, 11) is 0. The minimum absolute atomic E-state index is 0.216. The molecule has 0 bridgehead atoms. The van der Waals surface area contributed by atoms with Crippen LogP contribution in [0.25, 0.3) is 10.2 Å². The molecule has 0 N–H and O–H groups in total. The first-order chi connectivity index (χ1) is 13.8. The summed E-state index contributed by atoms with van der Waals surface area (Å²) in [6, 6.07) is 0. The van der Waals surface area contributed by atoms with Crippen molar-refractivity contribution in [2.75, 3.05) is 57.4 Å². The smallest absolute Gasteiger partial charge is 0.146 e. The van der Waals surface area contributed by atoms with Crippen LogP contribution in [0.2, 0.25) is 0 Å². The van der Waals surface area contributed by atoms with Gasteiger partial charge in [-0.15, -0.1) is 11.3 Å². The maximum absolute atomic E-state index is 5.50. The number of anilines is 1. The second-order valence-electron chi connectivity index (χ2n) is 9.31. The van der Waals surface area contributed by atoms with E-state index in [4.69, 9.17) is 14.7 Å². The molecule has 0 aromatic carbocycles. The van der Waals surface area contributed by atoms with Crippen LogP contribution in [0, 0.1) is 13.8 Å². The maximum Gasteiger partial charge on any atom is 0.146 e. The molecule has 2 fully saturated rings. The number of aryl methyl sites for hydroxylation is 2. The standard InChI is InChI=1S/C22H35N5OS/c1-16-17(2)29-21-19(16)20(23-18(24-21)15-25-11-13-28-14-12-25)26-7-6-8-27(10-9-26)22(3,4)5/h6-15H2,1-5H3. The van der Waals surface area contributed by atoms with Gasteiger partial charge >= 0.3 is 0 Å². The lowest BCUT2D eigenvalue weighted by Crippen LogP contribution is -2.43. The molecular weight excluding hydrogens is 382 g/mol. The number of hydrogen-bond donors (Lipinski definition) is 0. The van der Waals surface area contributed by atoms with Gasteiger partial charge in [-0.2, -0.15) is 0 Å². The molecule has 4 rings (SSSR count). The molecule has 0 radical (unpaired) electrons. The Morgan fingerprint density at radius 2 is 1.72 bits per heavy atom. The summed E-state index contributed by atoms with van der Waals surface area (Å²) in [5.41, 5.74) is 1.56. The van der Waals surface area contributed by atoms with E-state index < -0.39 is 0 Å². The largest absolute Gasteiger partial charge is 0.379 e. The quantitative estimate of drug-likeness (QED) is 0.762. The van der Waals surface area contributed by atoms with Gasteiger partial charge in [-0.25, -0.2) is 9.97 Å². The highest BCUT2D eigenvalue weighted by atomic mass is 32.1. The summed E-state index contributed by atoms with van der Waals surface area (Å²) < 4.78 is 5.50. The zero-order valence-electron chi connectivity index (χ0n) is 18.6. The van der Waals surface area contributed by atoms with E-state index in [1.165, 1.54) is 22.2 Å². The Labute approximate surface area is 178 Å². The van der Waals surface area contributed by atoms with Crippen molar-refractivity contribution in [1.29, 1.82) is 0 Å². The normalized spacial score (nSPS) is 20.4. The second-order valence-corrected chi connectivity index (χ2v) is 10.5. The van der Waals surface area contributed by atoms with Gasteiger partial charge in [0.15, 0.2) is 0 Å². The van der Waals surface area contributed by atoms with Gasteiger partial charge in [-0.1, -0.05) is 0 Å². The van der Waals surface area contributed by atoms with Crippen molar-refractivity contribution in [3.8, 4) is 0 Å². The minimum Gasteiger partial charge on any atom is -0.379 e. The van der Waals surface area contributed by atoms with E-state index in [9.17, 15) is 0 Å². The maximum atomic E-state index is 5.50. The van der Waals surface area contributed by atoms with Gasteiger partial charge in [0.1, 0.15) is 16.5 Å². The van der Waals surface area contributed by atoms with Gasteiger partial charge in [-0.3, -0.25) is 9.80 Å². The van der Waals surface area contributed by atoms with Gasteiger partial charge in [-0.05, 0) is 46.6 Å². The van der Waals surface area contributed by atoms with Gasteiger partial charge in [0.2, 0.25) is 0 Å². The van der Waals surface area contributed by atoms with Crippen LogP contribution in [0.3, 0.4) is 0 Å². The Bertz CT molecular complexity index is 853. The van der Waals surface area contributed by atoms with Crippen molar-refractivity contribution in [3.63, 3.8) is 0 Å². The SMILES string of the molecule is Cc1sc2nc(CN3CCOCC3)nc(N3CCCN(C(C)(C)C)CC3)c2c1C. The molecule has 2 saturated heterocycles. The van der Waals surface area contributed by atoms with Crippen LogP contribution >= 0.6 is 11.3 Å². The molecular formula is C22H35N5OS. The van der Waals surface area contributed by atoms with E-state index in [2.05, 4.69) is 49.3 Å². The highest BCUT2D eigenvalue weighted by molar-refractivity contribution is 7.18. The van der Waals surface area contributed by atoms with Crippen LogP contribution in [-0.2, 0) is 11.3 Å². The third-order valence-electron chi connectivity index (χ3n) is 6.27. The van der Waals surface area contributed by atoms with Gasteiger partial charge in [0, 0.05) is 49.7 Å². The van der Waals surface area contributed by atoms with Crippen LogP contribution in [0.15, 0.2) is 0 Å². The lowest BCUT2D eigenvalue weighted by molar-refractivity contribution is 0.0331. The Kier molecular flexibility index (Phi) is 6.11. The van der Waals surface area contributed by atoms with Crippen molar-refractivity contribution in [2.24, 2.45) is 0 Å². The number of aromatic nitrogens is 2. The number of thiophene rings is 1. The second kappa shape index (κ2) is 8.46. The van der Waals surface area contributed by atoms with Crippen LogP contribution in [-0.4, -0.2) is 77.8 Å². The molecule has 160 valence electrons. The summed E-state index contributed by atoms with van der Waals surface area (Å²) in [6.45, 7) is 20.0. The Balaban J connectivity index is 1.66. The van der Waals surface area contributed by atoms with E-state index in [1.54, 1.807) is 0 Å². The zero-order chi connectivity index (χ0) is 20.6. The van der Waals surface area contributed by atoms with Crippen molar-refractivity contribution < 1.29 is 4.74 Å². The van der Waals surface area contributed by atoms with E-state index in [0.29, 0.717) is 0 Å². The number of morpholine rings is 1. The Morgan fingerprint density at radius 3 is 2.45 bits per heavy atom. The molecule has 2 aromatic heterocycles. The lowest BCUT2D eigenvalue weighted by atomic mass is 10.1. The number of rotatable bonds is 3. The summed E-state index contributed by atoms with van der Waals surface area (Å²) in [5.74, 6) is 2.10.